The van der Waals surface area contributed by atoms with E-state index >= 15 is 0 Å². The van der Waals surface area contributed by atoms with E-state index in [4.69, 9.17) is 5.73 Å². The van der Waals surface area contributed by atoms with E-state index in [9.17, 15) is 4.79 Å². The Kier molecular flexibility index (Phi) is 2.38. The molecule has 0 unspecified atom stereocenters. The Morgan fingerprint density at radius 1 is 1.58 bits per heavy atom. The van der Waals surface area contributed by atoms with Crippen LogP contribution in [0.25, 0.3) is 0 Å². The Morgan fingerprint density at radius 2 is 2.33 bits per heavy atom. The van der Waals surface area contributed by atoms with Crippen molar-refractivity contribution in [2.75, 3.05) is 11.1 Å². The van der Waals surface area contributed by atoms with Gasteiger partial charge in [0.05, 0.1) is 0 Å². The zero-order chi connectivity index (χ0) is 8.97. The fraction of sp³-hybridized carbons (Fsp3) is 0. The van der Waals surface area contributed by atoms with Gasteiger partial charge in [-0.15, -0.1) is 0 Å². The topological polar surface area (TPSA) is 116 Å². The highest BCUT2D eigenvalue weighted by molar-refractivity contribution is 5.83. The van der Waals surface area contributed by atoms with Crippen LogP contribution in [-0.2, 0) is 4.84 Å². The lowest BCUT2D eigenvalue weighted by Gasteiger charge is -2.00. The molecule has 7 heteroatoms. The van der Waals surface area contributed by atoms with Crippen LogP contribution in [0.15, 0.2) is 12.4 Å². The average Bonchev–Trinajstić information content (AvgIpc) is 2.04. The summed E-state index contributed by atoms with van der Waals surface area (Å²) in [6, 6.07) is 1.37. The van der Waals surface area contributed by atoms with Gasteiger partial charge in [0.2, 0.25) is 0 Å². The molecule has 12 heavy (non-hydrogen) atoms. The lowest BCUT2D eigenvalue weighted by molar-refractivity contribution is 0.163. The normalized spacial score (nSPS) is 9.08. The lowest BCUT2D eigenvalue weighted by atomic mass is 10.5. The molecule has 0 bridgehead atoms. The van der Waals surface area contributed by atoms with E-state index in [2.05, 4.69) is 26.0 Å². The van der Waals surface area contributed by atoms with Gasteiger partial charge in [-0.2, -0.15) is 5.90 Å². The quantitative estimate of drug-likeness (QED) is 0.487. The molecule has 0 aliphatic rings. The molecule has 0 aliphatic heterocycles. The van der Waals surface area contributed by atoms with Crippen molar-refractivity contribution in [1.82, 2.24) is 9.97 Å². The van der Waals surface area contributed by atoms with Gasteiger partial charge in [-0.1, -0.05) is 0 Å². The highest BCUT2D eigenvalue weighted by Gasteiger charge is 2.01. The van der Waals surface area contributed by atoms with Crippen LogP contribution >= 0.6 is 0 Å². The Bertz CT molecular complexity index is 289. The molecule has 0 atom stereocenters. The van der Waals surface area contributed by atoms with E-state index in [1.807, 2.05) is 0 Å². The van der Waals surface area contributed by atoms with Crippen molar-refractivity contribution in [2.24, 2.45) is 5.90 Å². The number of anilines is 2. The van der Waals surface area contributed by atoms with Crippen molar-refractivity contribution in [2.45, 2.75) is 0 Å². The second-order valence-corrected chi connectivity index (χ2v) is 1.86. The highest BCUT2D eigenvalue weighted by atomic mass is 16.7. The number of aromatic nitrogens is 2. The second kappa shape index (κ2) is 3.49. The molecule has 0 aromatic carbocycles. The molecule has 0 fully saturated rings. The van der Waals surface area contributed by atoms with E-state index in [1.54, 1.807) is 0 Å². The number of hydrogen-bond donors (Lipinski definition) is 3. The third-order valence-electron chi connectivity index (χ3n) is 1.03. The van der Waals surface area contributed by atoms with Gasteiger partial charge < -0.3 is 10.6 Å². The minimum Gasteiger partial charge on any atom is -0.384 e. The van der Waals surface area contributed by atoms with Crippen LogP contribution in [0.5, 0.6) is 0 Å². The molecular formula is C5H7N5O2. The molecule has 1 amide bonds. The van der Waals surface area contributed by atoms with Gasteiger partial charge in [-0.3, -0.25) is 5.32 Å². The Hall–Kier alpha value is -1.89. The standard InChI is InChI=1S/C5H7N5O2/c6-3-1-4(9-2-8-3)10-5(11)12-7/h1-2H,7H2,(H3,6,8,9,10,11). The minimum absolute atomic E-state index is 0.234. The predicted octanol–water partition coefficient (Wildman–Crippen LogP) is -0.519. The molecule has 64 valence electrons. The first-order chi connectivity index (χ1) is 5.72. The van der Waals surface area contributed by atoms with Gasteiger partial charge >= 0.3 is 6.09 Å². The average molecular weight is 169 g/mol. The second-order valence-electron chi connectivity index (χ2n) is 1.86. The molecule has 0 radical (unpaired) electrons. The lowest BCUT2D eigenvalue weighted by Crippen LogP contribution is -2.18. The van der Waals surface area contributed by atoms with Gasteiger partial charge in [0, 0.05) is 6.07 Å². The molecular weight excluding hydrogens is 162 g/mol. The van der Waals surface area contributed by atoms with Gasteiger partial charge in [0.1, 0.15) is 18.0 Å². The number of rotatable bonds is 1. The summed E-state index contributed by atoms with van der Waals surface area (Å²) >= 11 is 0. The number of nitrogens with zero attached hydrogens (tertiary/aromatic N) is 2. The maximum atomic E-state index is 10.5. The van der Waals surface area contributed by atoms with Crippen LogP contribution in [0.2, 0.25) is 0 Å². The van der Waals surface area contributed by atoms with E-state index in [-0.39, 0.29) is 11.6 Å². The zero-order valence-electron chi connectivity index (χ0n) is 6.02. The molecule has 0 saturated carbocycles. The molecule has 1 heterocycles. The third-order valence-corrected chi connectivity index (χ3v) is 1.03. The van der Waals surface area contributed by atoms with Crippen molar-refractivity contribution in [3.8, 4) is 0 Å². The summed E-state index contributed by atoms with van der Waals surface area (Å²) in [7, 11) is 0. The van der Waals surface area contributed by atoms with Gasteiger partial charge in [-0.25, -0.2) is 14.8 Å². The smallest absolute Gasteiger partial charge is 0.384 e. The van der Waals surface area contributed by atoms with Gasteiger partial charge in [0.15, 0.2) is 0 Å². The summed E-state index contributed by atoms with van der Waals surface area (Å²) in [6.07, 6.45) is 0.398. The highest BCUT2D eigenvalue weighted by Crippen LogP contribution is 2.04. The van der Waals surface area contributed by atoms with Crippen LogP contribution in [0.3, 0.4) is 0 Å². The minimum atomic E-state index is -0.812. The maximum Gasteiger partial charge on any atom is 0.431 e. The Balaban J connectivity index is 2.69. The fourth-order valence-corrected chi connectivity index (χ4v) is 0.575. The fourth-order valence-electron chi connectivity index (χ4n) is 0.575. The SMILES string of the molecule is NOC(=O)Nc1cc(N)ncn1. The number of nitrogen functional groups attached to an aromatic ring is 1. The van der Waals surface area contributed by atoms with Gasteiger partial charge in [0.25, 0.3) is 0 Å². The van der Waals surface area contributed by atoms with Crippen molar-refractivity contribution in [1.29, 1.82) is 0 Å². The third kappa shape index (κ3) is 2.06. The summed E-state index contributed by atoms with van der Waals surface area (Å²) in [4.78, 5) is 21.7. The Labute approximate surface area is 67.7 Å². The van der Waals surface area contributed by atoms with Crippen LogP contribution in [-0.4, -0.2) is 16.1 Å². The van der Waals surface area contributed by atoms with Crippen LogP contribution in [0, 0.1) is 0 Å². The number of carbonyl (C=O) groups is 1. The summed E-state index contributed by atoms with van der Waals surface area (Å²) in [5.74, 6) is 5.05. The van der Waals surface area contributed by atoms with E-state index in [0.29, 0.717) is 0 Å². The Morgan fingerprint density at radius 3 is 2.92 bits per heavy atom. The van der Waals surface area contributed by atoms with Crippen molar-refractivity contribution < 1.29 is 9.63 Å². The van der Waals surface area contributed by atoms with E-state index in [1.165, 1.54) is 12.4 Å². The molecule has 1 aromatic rings. The largest absolute Gasteiger partial charge is 0.431 e. The summed E-state index contributed by atoms with van der Waals surface area (Å²) in [6.45, 7) is 0. The first-order valence-corrected chi connectivity index (χ1v) is 2.97. The zero-order valence-corrected chi connectivity index (χ0v) is 6.02. The molecule has 5 N–H and O–H groups in total. The number of amides is 1. The summed E-state index contributed by atoms with van der Waals surface area (Å²) in [5, 5.41) is 2.22. The first kappa shape index (κ1) is 8.21. The molecule has 0 saturated heterocycles. The summed E-state index contributed by atoms with van der Waals surface area (Å²) in [5.41, 5.74) is 5.30. The number of nitrogens with one attached hydrogen (secondary N) is 1. The molecule has 1 aromatic heterocycles. The van der Waals surface area contributed by atoms with Crippen LogP contribution in [0.1, 0.15) is 0 Å². The van der Waals surface area contributed by atoms with Crippen LogP contribution in [0.4, 0.5) is 16.4 Å². The monoisotopic (exact) mass is 169 g/mol. The number of nitrogens with two attached hydrogens (primary N) is 2. The van der Waals surface area contributed by atoms with Crippen molar-refractivity contribution in [3.05, 3.63) is 12.4 Å². The summed E-state index contributed by atoms with van der Waals surface area (Å²) < 4.78 is 0. The number of hydrogen-bond acceptors (Lipinski definition) is 6. The van der Waals surface area contributed by atoms with Crippen LogP contribution < -0.4 is 16.9 Å². The molecule has 0 spiro atoms. The van der Waals surface area contributed by atoms with E-state index in [0.717, 1.165) is 0 Å². The van der Waals surface area contributed by atoms with E-state index < -0.39 is 6.09 Å². The molecule has 1 rings (SSSR count). The van der Waals surface area contributed by atoms with Gasteiger partial charge in [-0.05, 0) is 0 Å². The first-order valence-electron chi connectivity index (χ1n) is 2.97. The maximum absolute atomic E-state index is 10.5. The van der Waals surface area contributed by atoms with Crippen molar-refractivity contribution in [3.63, 3.8) is 0 Å². The predicted molar refractivity (Wildman–Crippen MR) is 40.7 cm³/mol. The van der Waals surface area contributed by atoms with Crippen molar-refractivity contribution >= 4 is 17.7 Å². The molecule has 0 aliphatic carbocycles. The molecule has 7 nitrogen and oxygen atoms in total. The number of carbonyl (C=O) groups excluding carboxylic acids is 1.